The Balaban J connectivity index is 0. The number of benzene rings is 1. The Morgan fingerprint density at radius 3 is 2.00 bits per heavy atom. The molecule has 0 aliphatic carbocycles. The molecule has 1 nitrogen and oxygen atoms in total. The van der Waals surface area contributed by atoms with Gasteiger partial charge in [0.15, 0.2) is 0 Å². The summed E-state index contributed by atoms with van der Waals surface area (Å²) in [5.41, 5.74) is 1.19. The van der Waals surface area contributed by atoms with E-state index in [1.54, 1.807) is 12.1 Å². The summed E-state index contributed by atoms with van der Waals surface area (Å²) in [7, 11) is 0. The van der Waals surface area contributed by atoms with Crippen molar-refractivity contribution in [2.75, 3.05) is 0 Å². The Labute approximate surface area is 106 Å². The van der Waals surface area contributed by atoms with Crippen LogP contribution in [0.25, 0.3) is 0 Å². The number of halogens is 1. The second-order valence-corrected chi connectivity index (χ2v) is 3.78. The molecule has 68 valence electrons. The van der Waals surface area contributed by atoms with E-state index in [0.717, 1.165) is 5.56 Å². The third kappa shape index (κ3) is 4.89. The van der Waals surface area contributed by atoms with Crippen LogP contribution < -0.4 is 22.1 Å². The van der Waals surface area contributed by atoms with E-state index in [1.165, 1.54) is 0 Å². The van der Waals surface area contributed by atoms with Gasteiger partial charge in [0.05, 0.1) is 0 Å². The molecule has 13 heavy (non-hydrogen) atoms. The van der Waals surface area contributed by atoms with Crippen molar-refractivity contribution in [1.29, 1.82) is 0 Å². The summed E-state index contributed by atoms with van der Waals surface area (Å²) in [4.78, 5) is 0. The Morgan fingerprint density at radius 2 is 1.69 bits per heavy atom. The third-order valence-corrected chi connectivity index (χ3v) is 1.70. The average Bonchev–Trinajstić information content (AvgIpc) is 1.86. The van der Waals surface area contributed by atoms with Gasteiger partial charge < -0.3 is 22.1 Å². The topological polar surface area (TPSA) is 23.1 Å². The van der Waals surface area contributed by atoms with Crippen molar-refractivity contribution >= 4 is 23.1 Å². The van der Waals surface area contributed by atoms with E-state index in [4.69, 9.17) is 0 Å². The summed E-state index contributed by atoms with van der Waals surface area (Å²) in [6.45, 7) is 6.30. The SMILES string of the molecule is CC(C)(C)c1cccc([O-])c1.[Br-].[Mg+2]. The molecule has 1 aromatic carbocycles. The fourth-order valence-electron chi connectivity index (χ4n) is 0.963. The van der Waals surface area contributed by atoms with E-state index >= 15 is 0 Å². The summed E-state index contributed by atoms with van der Waals surface area (Å²) < 4.78 is 0. The maximum Gasteiger partial charge on any atom is 2.00 e. The van der Waals surface area contributed by atoms with E-state index in [0.29, 0.717) is 0 Å². The first-order chi connectivity index (χ1) is 5.00. The van der Waals surface area contributed by atoms with Crippen LogP contribution in [0.2, 0.25) is 0 Å². The van der Waals surface area contributed by atoms with Crippen molar-refractivity contribution < 1.29 is 22.1 Å². The van der Waals surface area contributed by atoms with Crippen molar-refractivity contribution in [1.82, 2.24) is 0 Å². The number of rotatable bonds is 0. The number of hydrogen-bond donors (Lipinski definition) is 0. The predicted molar refractivity (Wildman–Crippen MR) is 50.3 cm³/mol. The molecular formula is C10H13BrMgO. The van der Waals surface area contributed by atoms with Crippen LogP contribution in [-0.4, -0.2) is 23.1 Å². The largest absolute Gasteiger partial charge is 2.00 e. The van der Waals surface area contributed by atoms with Crippen molar-refractivity contribution in [3.05, 3.63) is 29.8 Å². The predicted octanol–water partition coefficient (Wildman–Crippen LogP) is -1.32. The zero-order chi connectivity index (χ0) is 8.48. The summed E-state index contributed by atoms with van der Waals surface area (Å²) >= 11 is 0. The fraction of sp³-hybridized carbons (Fsp3) is 0.400. The van der Waals surface area contributed by atoms with Gasteiger partial charge >= 0.3 is 23.1 Å². The van der Waals surface area contributed by atoms with Crippen molar-refractivity contribution in [3.8, 4) is 5.75 Å². The van der Waals surface area contributed by atoms with Crippen LogP contribution in [0.15, 0.2) is 24.3 Å². The van der Waals surface area contributed by atoms with E-state index in [2.05, 4.69) is 20.8 Å². The molecule has 0 N–H and O–H groups in total. The van der Waals surface area contributed by atoms with Gasteiger partial charge in [-0.25, -0.2) is 0 Å². The zero-order valence-corrected chi connectivity index (χ0v) is 11.3. The minimum atomic E-state index is 0. The van der Waals surface area contributed by atoms with Crippen molar-refractivity contribution in [2.24, 2.45) is 0 Å². The molecule has 0 atom stereocenters. The molecule has 1 aromatic rings. The standard InChI is InChI=1S/C10H14O.BrH.Mg/c1-10(2,3)8-5-4-6-9(11)7-8;;/h4-7,11H,1-3H3;1H;/q;;+2/p-2. The first kappa shape index (κ1) is 15.7. The molecule has 0 bridgehead atoms. The summed E-state index contributed by atoms with van der Waals surface area (Å²) in [6, 6.07) is 7.07. The molecule has 0 fully saturated rings. The molecule has 0 saturated carbocycles. The minimum Gasteiger partial charge on any atom is -1.00 e. The van der Waals surface area contributed by atoms with E-state index < -0.39 is 0 Å². The molecule has 0 radical (unpaired) electrons. The monoisotopic (exact) mass is 252 g/mol. The van der Waals surface area contributed by atoms with Gasteiger partial charge in [0.2, 0.25) is 0 Å². The Bertz CT molecular complexity index is 255. The molecule has 3 heteroatoms. The average molecular weight is 253 g/mol. The van der Waals surface area contributed by atoms with Gasteiger partial charge in [-0.05, 0) is 11.0 Å². The first-order valence-corrected chi connectivity index (χ1v) is 3.78. The van der Waals surface area contributed by atoms with Crippen LogP contribution in [0.3, 0.4) is 0 Å². The van der Waals surface area contributed by atoms with Crippen LogP contribution in [0.4, 0.5) is 0 Å². The van der Waals surface area contributed by atoms with Crippen LogP contribution in [0.5, 0.6) is 5.75 Å². The van der Waals surface area contributed by atoms with Crippen LogP contribution >= 0.6 is 0 Å². The smallest absolute Gasteiger partial charge is 1.00 e. The molecule has 0 spiro atoms. The maximum absolute atomic E-state index is 10.9. The van der Waals surface area contributed by atoms with Gasteiger partial charge in [-0.2, -0.15) is 0 Å². The van der Waals surface area contributed by atoms with Gasteiger partial charge in [-0.1, -0.05) is 45.0 Å². The van der Waals surface area contributed by atoms with E-state index in [9.17, 15) is 5.11 Å². The molecule has 0 aliphatic heterocycles. The van der Waals surface area contributed by atoms with E-state index in [1.807, 2.05) is 12.1 Å². The van der Waals surface area contributed by atoms with Gasteiger partial charge in [0.25, 0.3) is 0 Å². The van der Waals surface area contributed by atoms with Crippen LogP contribution in [0, 0.1) is 0 Å². The summed E-state index contributed by atoms with van der Waals surface area (Å²) in [5, 5.41) is 10.9. The molecule has 0 aliphatic rings. The molecule has 1 rings (SSSR count). The van der Waals surface area contributed by atoms with Gasteiger partial charge in [0.1, 0.15) is 0 Å². The quantitative estimate of drug-likeness (QED) is 0.526. The second-order valence-electron chi connectivity index (χ2n) is 3.78. The summed E-state index contributed by atoms with van der Waals surface area (Å²) in [6.07, 6.45) is 0. The molecule has 0 unspecified atom stereocenters. The van der Waals surface area contributed by atoms with Crippen LogP contribution in [-0.2, 0) is 5.41 Å². The first-order valence-electron chi connectivity index (χ1n) is 3.78. The Morgan fingerprint density at radius 1 is 1.15 bits per heavy atom. The van der Waals surface area contributed by atoms with E-state index in [-0.39, 0.29) is 51.2 Å². The number of hydrogen-bond acceptors (Lipinski definition) is 1. The minimum absolute atomic E-state index is 0. The molecule has 0 amide bonds. The van der Waals surface area contributed by atoms with Gasteiger partial charge in [-0.15, -0.1) is 5.75 Å². The second kappa shape index (κ2) is 5.88. The molecular weight excluding hydrogens is 240 g/mol. The van der Waals surface area contributed by atoms with Gasteiger partial charge in [-0.3, -0.25) is 0 Å². The van der Waals surface area contributed by atoms with Crippen LogP contribution in [0.1, 0.15) is 26.3 Å². The molecule has 0 aromatic heterocycles. The molecule has 0 heterocycles. The van der Waals surface area contributed by atoms with Gasteiger partial charge in [0, 0.05) is 0 Å². The molecule has 0 saturated heterocycles. The Hall–Kier alpha value is 0.266. The van der Waals surface area contributed by atoms with Crippen molar-refractivity contribution in [3.63, 3.8) is 0 Å². The Kier molecular flexibility index (Phi) is 7.12. The normalized spacial score (nSPS) is 9.77. The fourth-order valence-corrected chi connectivity index (χ4v) is 0.963. The third-order valence-electron chi connectivity index (χ3n) is 1.70. The summed E-state index contributed by atoms with van der Waals surface area (Å²) in [5.74, 6) is 0.0948. The zero-order valence-electron chi connectivity index (χ0n) is 8.30. The van der Waals surface area contributed by atoms with Crippen molar-refractivity contribution in [2.45, 2.75) is 26.2 Å². The maximum atomic E-state index is 10.9.